The largest absolute Gasteiger partial charge is 0.491 e. The van der Waals surface area contributed by atoms with E-state index in [1.54, 1.807) is 0 Å². The molecule has 0 saturated heterocycles. The van der Waals surface area contributed by atoms with Crippen LogP contribution in [0.15, 0.2) is 18.5 Å². The number of nitrogens with one attached hydrogen (secondary N) is 1. The number of rotatable bonds is 6. The van der Waals surface area contributed by atoms with Gasteiger partial charge in [-0.25, -0.2) is 4.79 Å². The first-order valence-corrected chi connectivity index (χ1v) is 5.22. The maximum atomic E-state index is 11.1. The van der Waals surface area contributed by atoms with Crippen LogP contribution in [0.1, 0.15) is 23.7 Å². The predicted octanol–water partition coefficient (Wildman–Crippen LogP) is 0.685. The zero-order valence-corrected chi connectivity index (χ0v) is 9.47. The Labute approximate surface area is 98.6 Å². The van der Waals surface area contributed by atoms with E-state index < -0.39 is 5.97 Å². The number of carbonyl (C=O) groups excluding carboxylic acids is 1. The number of hydrogen-bond donors (Lipinski definition) is 2. The quantitative estimate of drug-likeness (QED) is 0.761. The van der Waals surface area contributed by atoms with E-state index in [0.717, 1.165) is 0 Å². The third kappa shape index (κ3) is 4.10. The van der Waals surface area contributed by atoms with E-state index in [1.807, 2.05) is 6.92 Å². The van der Waals surface area contributed by atoms with Crippen LogP contribution in [-0.2, 0) is 4.79 Å². The summed E-state index contributed by atoms with van der Waals surface area (Å²) in [6.45, 7) is 2.51. The number of aromatic carboxylic acids is 1. The summed E-state index contributed by atoms with van der Waals surface area (Å²) in [5.41, 5.74) is 0.0379. The van der Waals surface area contributed by atoms with Crippen LogP contribution in [0.2, 0.25) is 0 Å². The van der Waals surface area contributed by atoms with Crippen molar-refractivity contribution in [1.29, 1.82) is 0 Å². The van der Waals surface area contributed by atoms with Crippen LogP contribution in [0, 0.1) is 0 Å². The Balaban J connectivity index is 2.52. The molecule has 0 aromatic carbocycles. The molecule has 1 aromatic rings. The number of ether oxygens (including phenoxy) is 1. The van der Waals surface area contributed by atoms with Gasteiger partial charge in [0.25, 0.3) is 0 Å². The number of carbonyl (C=O) groups is 2. The summed E-state index contributed by atoms with van der Waals surface area (Å²) in [6, 6.07) is 1.35. The van der Waals surface area contributed by atoms with Gasteiger partial charge in [0.05, 0.1) is 19.2 Å². The molecule has 0 aliphatic carbocycles. The molecule has 0 aliphatic rings. The summed E-state index contributed by atoms with van der Waals surface area (Å²) in [5, 5.41) is 11.5. The minimum Gasteiger partial charge on any atom is -0.491 e. The molecule has 0 radical (unpaired) electrons. The van der Waals surface area contributed by atoms with Crippen LogP contribution in [0.3, 0.4) is 0 Å². The first-order valence-electron chi connectivity index (χ1n) is 5.22. The fourth-order valence-corrected chi connectivity index (χ4v) is 1.21. The van der Waals surface area contributed by atoms with Crippen LogP contribution in [0.5, 0.6) is 5.75 Å². The highest BCUT2D eigenvalue weighted by atomic mass is 16.5. The van der Waals surface area contributed by atoms with Crippen LogP contribution in [-0.4, -0.2) is 35.1 Å². The molecule has 0 atom stereocenters. The maximum Gasteiger partial charge on any atom is 0.339 e. The molecule has 17 heavy (non-hydrogen) atoms. The Bertz CT molecular complexity index is 406. The Morgan fingerprint density at radius 3 is 2.94 bits per heavy atom. The zero-order valence-electron chi connectivity index (χ0n) is 9.47. The molecule has 0 unspecified atom stereocenters. The lowest BCUT2D eigenvalue weighted by Crippen LogP contribution is -2.24. The molecule has 1 rings (SSSR count). The first-order chi connectivity index (χ1) is 8.15. The third-order valence-electron chi connectivity index (χ3n) is 1.98. The monoisotopic (exact) mass is 238 g/mol. The standard InChI is InChI=1S/C11H14N2O4/c1-2-13-10(14)4-6-17-9-7-12-5-3-8(9)11(15)16/h3,5,7H,2,4,6H2,1H3,(H,13,14)(H,15,16). The molecule has 2 N–H and O–H groups in total. The van der Waals surface area contributed by atoms with Gasteiger partial charge in [-0.1, -0.05) is 0 Å². The highest BCUT2D eigenvalue weighted by Gasteiger charge is 2.11. The minimum atomic E-state index is -1.08. The number of hydrogen-bond acceptors (Lipinski definition) is 4. The topological polar surface area (TPSA) is 88.5 Å². The molecular weight excluding hydrogens is 224 g/mol. The lowest BCUT2D eigenvalue weighted by molar-refractivity contribution is -0.121. The van der Waals surface area contributed by atoms with Gasteiger partial charge < -0.3 is 15.2 Å². The number of aromatic nitrogens is 1. The molecule has 6 nitrogen and oxygen atoms in total. The Morgan fingerprint density at radius 2 is 2.29 bits per heavy atom. The van der Waals surface area contributed by atoms with Gasteiger partial charge in [0, 0.05) is 12.7 Å². The van der Waals surface area contributed by atoms with Gasteiger partial charge in [0.2, 0.25) is 5.91 Å². The van der Waals surface area contributed by atoms with Crippen molar-refractivity contribution < 1.29 is 19.4 Å². The van der Waals surface area contributed by atoms with Crippen LogP contribution in [0.25, 0.3) is 0 Å². The molecule has 6 heteroatoms. The van der Waals surface area contributed by atoms with Gasteiger partial charge in [0.15, 0.2) is 5.75 Å². The molecule has 1 heterocycles. The van der Waals surface area contributed by atoms with Crippen LogP contribution < -0.4 is 10.1 Å². The van der Waals surface area contributed by atoms with E-state index in [9.17, 15) is 9.59 Å². The van der Waals surface area contributed by atoms with E-state index in [2.05, 4.69) is 10.3 Å². The van der Waals surface area contributed by atoms with Gasteiger partial charge in [-0.05, 0) is 13.0 Å². The van der Waals surface area contributed by atoms with Crippen molar-refractivity contribution >= 4 is 11.9 Å². The SMILES string of the molecule is CCNC(=O)CCOc1cnccc1C(=O)O. The summed E-state index contributed by atoms with van der Waals surface area (Å²) in [7, 11) is 0. The number of amides is 1. The summed E-state index contributed by atoms with van der Waals surface area (Å²) in [5.74, 6) is -1.04. The smallest absolute Gasteiger partial charge is 0.339 e. The fourth-order valence-electron chi connectivity index (χ4n) is 1.21. The second-order valence-corrected chi connectivity index (χ2v) is 3.23. The van der Waals surface area contributed by atoms with Crippen molar-refractivity contribution in [2.45, 2.75) is 13.3 Å². The van der Waals surface area contributed by atoms with Crippen molar-refractivity contribution in [3.63, 3.8) is 0 Å². The van der Waals surface area contributed by atoms with E-state index in [0.29, 0.717) is 6.54 Å². The summed E-state index contributed by atoms with van der Waals surface area (Å²) >= 11 is 0. The van der Waals surface area contributed by atoms with Gasteiger partial charge in [-0.2, -0.15) is 0 Å². The molecule has 1 aromatic heterocycles. The summed E-state index contributed by atoms with van der Waals surface area (Å²) in [6.07, 6.45) is 2.88. The van der Waals surface area contributed by atoms with E-state index >= 15 is 0 Å². The number of carboxylic acids is 1. The average Bonchev–Trinajstić information content (AvgIpc) is 2.30. The second kappa shape index (κ2) is 6.47. The van der Waals surface area contributed by atoms with Gasteiger partial charge in [-0.15, -0.1) is 0 Å². The van der Waals surface area contributed by atoms with Crippen molar-refractivity contribution in [1.82, 2.24) is 10.3 Å². The lowest BCUT2D eigenvalue weighted by Gasteiger charge is -2.07. The van der Waals surface area contributed by atoms with Gasteiger partial charge in [0.1, 0.15) is 5.56 Å². The van der Waals surface area contributed by atoms with E-state index in [4.69, 9.17) is 9.84 Å². The third-order valence-corrected chi connectivity index (χ3v) is 1.98. The molecule has 0 aliphatic heterocycles. The minimum absolute atomic E-state index is 0.0379. The normalized spacial score (nSPS) is 9.71. The Kier molecular flexibility index (Phi) is 4.93. The predicted molar refractivity (Wildman–Crippen MR) is 60.0 cm³/mol. The van der Waals surface area contributed by atoms with Gasteiger partial charge in [-0.3, -0.25) is 9.78 Å². The van der Waals surface area contributed by atoms with Crippen LogP contribution in [0.4, 0.5) is 0 Å². The molecular formula is C11H14N2O4. The molecule has 0 saturated carbocycles. The van der Waals surface area contributed by atoms with Crippen molar-refractivity contribution in [2.24, 2.45) is 0 Å². The Hall–Kier alpha value is -2.11. The fraction of sp³-hybridized carbons (Fsp3) is 0.364. The second-order valence-electron chi connectivity index (χ2n) is 3.23. The molecule has 1 amide bonds. The lowest BCUT2D eigenvalue weighted by atomic mass is 10.2. The molecule has 0 spiro atoms. The van der Waals surface area contributed by atoms with Gasteiger partial charge >= 0.3 is 5.97 Å². The zero-order chi connectivity index (χ0) is 12.7. The van der Waals surface area contributed by atoms with E-state index in [-0.39, 0.29) is 30.2 Å². The summed E-state index contributed by atoms with van der Waals surface area (Å²) in [4.78, 5) is 25.7. The summed E-state index contributed by atoms with van der Waals surface area (Å²) < 4.78 is 5.21. The van der Waals surface area contributed by atoms with E-state index in [1.165, 1.54) is 18.5 Å². The average molecular weight is 238 g/mol. The molecule has 92 valence electrons. The number of nitrogens with zero attached hydrogens (tertiary/aromatic N) is 1. The first kappa shape index (κ1) is 13.0. The number of carboxylic acid groups (broad SMARTS) is 1. The molecule has 0 bridgehead atoms. The highest BCUT2D eigenvalue weighted by Crippen LogP contribution is 2.16. The van der Waals surface area contributed by atoms with Crippen molar-refractivity contribution in [2.75, 3.05) is 13.2 Å². The van der Waals surface area contributed by atoms with Crippen molar-refractivity contribution in [3.05, 3.63) is 24.0 Å². The number of pyridine rings is 1. The molecule has 0 fully saturated rings. The highest BCUT2D eigenvalue weighted by molar-refractivity contribution is 5.90. The van der Waals surface area contributed by atoms with Crippen molar-refractivity contribution in [3.8, 4) is 5.75 Å². The van der Waals surface area contributed by atoms with Crippen LogP contribution >= 0.6 is 0 Å². The maximum absolute atomic E-state index is 11.1. The Morgan fingerprint density at radius 1 is 1.53 bits per heavy atom.